The van der Waals surface area contributed by atoms with Crippen LogP contribution in [0.25, 0.3) is 21.5 Å². The van der Waals surface area contributed by atoms with Crippen LogP contribution in [-0.4, -0.2) is 48.9 Å². The van der Waals surface area contributed by atoms with E-state index in [2.05, 4.69) is 5.32 Å². The summed E-state index contributed by atoms with van der Waals surface area (Å²) >= 11 is 2.88. The molecule has 3 rings (SSSR count). The van der Waals surface area contributed by atoms with Crippen molar-refractivity contribution >= 4 is 44.9 Å². The van der Waals surface area contributed by atoms with Gasteiger partial charge in [-0.05, 0) is 39.2 Å². The van der Waals surface area contributed by atoms with Crippen LogP contribution in [-0.2, 0) is 0 Å². The summed E-state index contributed by atoms with van der Waals surface area (Å²) in [5.74, 6) is 0.652. The zero-order valence-corrected chi connectivity index (χ0v) is 19.4. The van der Waals surface area contributed by atoms with Gasteiger partial charge in [-0.15, -0.1) is 11.3 Å². The van der Waals surface area contributed by atoms with Gasteiger partial charge in [-0.2, -0.15) is 0 Å². The molecule has 8 heteroatoms. The summed E-state index contributed by atoms with van der Waals surface area (Å²) in [7, 11) is 5.52. The highest BCUT2D eigenvalue weighted by Gasteiger charge is 2.27. The molecular weight excluding hydrogens is 404 g/mol. The van der Waals surface area contributed by atoms with Gasteiger partial charge >= 0.3 is 0 Å². The Bertz CT molecular complexity index is 1050. The smallest absolute Gasteiger partial charge is 0.263 e. The van der Waals surface area contributed by atoms with Gasteiger partial charge in [0.25, 0.3) is 5.91 Å². The van der Waals surface area contributed by atoms with Gasteiger partial charge in [0, 0.05) is 25.2 Å². The highest BCUT2D eigenvalue weighted by molar-refractivity contribution is 7.98. The van der Waals surface area contributed by atoms with Gasteiger partial charge in [-0.1, -0.05) is 23.9 Å². The van der Waals surface area contributed by atoms with Crippen LogP contribution >= 0.6 is 23.1 Å². The predicted molar refractivity (Wildman–Crippen MR) is 123 cm³/mol. The molecule has 2 heterocycles. The quantitative estimate of drug-likeness (QED) is 0.468. The Morgan fingerprint density at radius 2 is 1.97 bits per heavy atom. The van der Waals surface area contributed by atoms with E-state index in [0.29, 0.717) is 10.0 Å². The highest BCUT2D eigenvalue weighted by atomic mass is 32.2. The molecule has 0 aliphatic carbocycles. The maximum absolute atomic E-state index is 13.1. The number of ether oxygens (including phenoxy) is 1. The van der Waals surface area contributed by atoms with Crippen molar-refractivity contribution in [3.63, 3.8) is 0 Å². The molecule has 6 nitrogen and oxygen atoms in total. The molecule has 0 saturated heterocycles. The summed E-state index contributed by atoms with van der Waals surface area (Å²) in [6.07, 6.45) is 1.95. The normalized spacial score (nSPS) is 11.6. The molecule has 29 heavy (non-hydrogen) atoms. The van der Waals surface area contributed by atoms with Crippen molar-refractivity contribution < 1.29 is 9.53 Å². The molecule has 0 fully saturated rings. The topological polar surface area (TPSA) is 67.3 Å². The number of methoxy groups -OCH3 is 1. The molecule has 0 radical (unpaired) electrons. The molecular formula is C21H26N4O2S2. The predicted octanol–water partition coefficient (Wildman–Crippen LogP) is 4.68. The fourth-order valence-electron chi connectivity index (χ4n) is 3.01. The van der Waals surface area contributed by atoms with E-state index in [0.717, 1.165) is 32.9 Å². The number of anilines is 1. The number of nitrogens with zero attached hydrogens (tertiary/aromatic N) is 3. The lowest BCUT2D eigenvalue weighted by Crippen LogP contribution is -2.40. The van der Waals surface area contributed by atoms with Crippen molar-refractivity contribution in [2.75, 3.05) is 32.4 Å². The minimum Gasteiger partial charge on any atom is -0.497 e. The second-order valence-corrected chi connectivity index (χ2v) is 9.62. The molecule has 3 aromatic rings. The number of benzene rings is 1. The van der Waals surface area contributed by atoms with Gasteiger partial charge in [0.2, 0.25) is 0 Å². The largest absolute Gasteiger partial charge is 0.497 e. The molecule has 154 valence electrons. The van der Waals surface area contributed by atoms with Gasteiger partial charge in [-0.25, -0.2) is 9.97 Å². The number of amides is 1. The lowest BCUT2D eigenvalue weighted by molar-refractivity contribution is 0.0924. The molecule has 0 atom stereocenters. The molecule has 0 unspecified atom stereocenters. The minimum absolute atomic E-state index is 0.105. The Hall–Kier alpha value is -2.32. The Kier molecular flexibility index (Phi) is 6.05. The Morgan fingerprint density at radius 1 is 1.24 bits per heavy atom. The SMILES string of the molecule is COc1cccc(-c2nc(SC)nc3sc(C(=O)NC(C)(C)C)c(N(C)C)c23)c1. The average molecular weight is 431 g/mol. The first-order valence-electron chi connectivity index (χ1n) is 9.17. The third-order valence-corrected chi connectivity index (χ3v) is 5.79. The summed E-state index contributed by atoms with van der Waals surface area (Å²) in [5, 5.41) is 4.62. The van der Waals surface area contributed by atoms with E-state index < -0.39 is 0 Å². The zero-order valence-electron chi connectivity index (χ0n) is 17.8. The Labute approximate surface area is 179 Å². The van der Waals surface area contributed by atoms with Crippen LogP contribution in [0.5, 0.6) is 5.75 Å². The van der Waals surface area contributed by atoms with Crippen LogP contribution in [0.15, 0.2) is 29.4 Å². The van der Waals surface area contributed by atoms with E-state index >= 15 is 0 Å². The summed E-state index contributed by atoms with van der Waals surface area (Å²) in [5.41, 5.74) is 2.23. The molecule has 1 N–H and O–H groups in total. The summed E-state index contributed by atoms with van der Waals surface area (Å²) in [6, 6.07) is 7.80. The first-order chi connectivity index (χ1) is 13.6. The fraction of sp³-hybridized carbons (Fsp3) is 0.381. The summed E-state index contributed by atoms with van der Waals surface area (Å²) in [6.45, 7) is 5.92. The van der Waals surface area contributed by atoms with Gasteiger partial charge in [0.15, 0.2) is 5.16 Å². The van der Waals surface area contributed by atoms with Crippen molar-refractivity contribution in [1.82, 2.24) is 15.3 Å². The van der Waals surface area contributed by atoms with Gasteiger partial charge in [0.1, 0.15) is 15.5 Å². The minimum atomic E-state index is -0.331. The lowest BCUT2D eigenvalue weighted by atomic mass is 10.1. The van der Waals surface area contributed by atoms with Gasteiger partial charge < -0.3 is 15.0 Å². The lowest BCUT2D eigenvalue weighted by Gasteiger charge is -2.21. The van der Waals surface area contributed by atoms with Crippen LogP contribution in [0.3, 0.4) is 0 Å². The number of hydrogen-bond acceptors (Lipinski definition) is 7. The van der Waals surface area contributed by atoms with E-state index in [1.54, 1.807) is 7.11 Å². The van der Waals surface area contributed by atoms with Crippen LogP contribution in [0.1, 0.15) is 30.4 Å². The maximum Gasteiger partial charge on any atom is 0.263 e. The van der Waals surface area contributed by atoms with Gasteiger partial charge in [-0.3, -0.25) is 4.79 Å². The van der Waals surface area contributed by atoms with E-state index in [1.165, 1.54) is 23.1 Å². The van der Waals surface area contributed by atoms with Crippen LogP contribution in [0, 0.1) is 0 Å². The number of thioether (sulfide) groups is 1. The fourth-order valence-corrected chi connectivity index (χ4v) is 4.58. The molecule has 0 aliphatic rings. The summed E-state index contributed by atoms with van der Waals surface area (Å²) < 4.78 is 5.40. The number of nitrogens with one attached hydrogen (secondary N) is 1. The van der Waals surface area contributed by atoms with Gasteiger partial charge in [0.05, 0.1) is 23.9 Å². The molecule has 2 aromatic heterocycles. The van der Waals surface area contributed by atoms with Crippen LogP contribution in [0.4, 0.5) is 5.69 Å². The second kappa shape index (κ2) is 8.20. The van der Waals surface area contributed by atoms with Crippen molar-refractivity contribution in [2.24, 2.45) is 0 Å². The van der Waals surface area contributed by atoms with Crippen LogP contribution in [0.2, 0.25) is 0 Å². The van der Waals surface area contributed by atoms with E-state index in [4.69, 9.17) is 14.7 Å². The maximum atomic E-state index is 13.1. The van der Waals surface area contributed by atoms with E-state index in [-0.39, 0.29) is 11.4 Å². The van der Waals surface area contributed by atoms with Crippen molar-refractivity contribution in [3.8, 4) is 17.0 Å². The number of thiophene rings is 1. The molecule has 0 aliphatic heterocycles. The van der Waals surface area contributed by atoms with E-state index in [9.17, 15) is 4.79 Å². The Balaban J connectivity index is 2.32. The molecule has 0 saturated carbocycles. The number of carbonyl (C=O) groups excluding carboxylic acids is 1. The van der Waals surface area contributed by atoms with Crippen molar-refractivity contribution in [2.45, 2.75) is 31.5 Å². The summed E-state index contributed by atoms with van der Waals surface area (Å²) in [4.78, 5) is 25.9. The number of rotatable bonds is 5. The first-order valence-corrected chi connectivity index (χ1v) is 11.2. The number of carbonyl (C=O) groups is 1. The number of fused-ring (bicyclic) bond motifs is 1. The number of aromatic nitrogens is 2. The third kappa shape index (κ3) is 4.48. The van der Waals surface area contributed by atoms with E-state index in [1.807, 2.05) is 70.3 Å². The molecule has 0 spiro atoms. The monoisotopic (exact) mass is 430 g/mol. The Morgan fingerprint density at radius 3 is 2.55 bits per heavy atom. The number of hydrogen-bond donors (Lipinski definition) is 1. The standard InChI is InChI=1S/C21H26N4O2S2/c1-21(2,3)24-18(26)17-16(25(4)5)14-15(12-9-8-10-13(11-12)27-6)22-20(28-7)23-19(14)29-17/h8-11H,1-7H3,(H,24,26). The van der Waals surface area contributed by atoms with Crippen LogP contribution < -0.4 is 15.0 Å². The first kappa shape index (κ1) is 21.4. The third-order valence-electron chi connectivity index (χ3n) is 4.17. The zero-order chi connectivity index (χ0) is 21.3. The highest BCUT2D eigenvalue weighted by Crippen LogP contribution is 2.42. The molecule has 1 aromatic carbocycles. The molecule has 0 bridgehead atoms. The second-order valence-electron chi connectivity index (χ2n) is 7.85. The molecule has 1 amide bonds. The average Bonchev–Trinajstić information content (AvgIpc) is 3.05. The van der Waals surface area contributed by atoms with Crippen molar-refractivity contribution in [3.05, 3.63) is 29.1 Å². The van der Waals surface area contributed by atoms with Crippen molar-refractivity contribution in [1.29, 1.82) is 0 Å².